The predicted molar refractivity (Wildman–Crippen MR) is 232 cm³/mol. The number of aromatic amines is 1. The Morgan fingerprint density at radius 1 is 0.790 bits per heavy atom. The first-order chi connectivity index (χ1) is 29.4. The number of benzene rings is 1. The van der Waals surface area contributed by atoms with Crippen LogP contribution in [0.15, 0.2) is 47.8 Å². The lowest BCUT2D eigenvalue weighted by molar-refractivity contribution is -0.138. The van der Waals surface area contributed by atoms with Crippen molar-refractivity contribution in [2.45, 2.75) is 95.5 Å². The Labute approximate surface area is 364 Å². The average Bonchev–Trinajstić information content (AvgIpc) is 3.76. The summed E-state index contributed by atoms with van der Waals surface area (Å²) in [5.41, 5.74) is 17.8. The van der Waals surface area contributed by atoms with Crippen molar-refractivity contribution in [1.82, 2.24) is 47.2 Å². The molecule has 0 bridgehead atoms. The van der Waals surface area contributed by atoms with Gasteiger partial charge in [-0.15, -0.1) is 0 Å². The SMILES string of the molecule is CC[C@H](C)[C@H](NC(=O)[C@H](C)NC(=O)[C@H](Cc1ccccc1)NC(=O)[C@H](Cc1cnc[nH]1)NC(=O)CNC(=O)[C@@H](N)CCSC)C(=O)N[C@@H](CCCN=C(N)N)C(=O)NCC(=O)O. The molecule has 0 saturated heterocycles. The van der Waals surface area contributed by atoms with Crippen LogP contribution in [0.2, 0.25) is 0 Å². The summed E-state index contributed by atoms with van der Waals surface area (Å²) in [6.45, 7) is 3.84. The Hall–Kier alpha value is -6.23. The molecule has 0 aliphatic carbocycles. The van der Waals surface area contributed by atoms with E-state index in [0.29, 0.717) is 29.9 Å². The summed E-state index contributed by atoms with van der Waals surface area (Å²) in [5, 5.41) is 26.9. The second-order valence-corrected chi connectivity index (χ2v) is 15.5. The third kappa shape index (κ3) is 19.4. The van der Waals surface area contributed by atoms with Crippen LogP contribution < -0.4 is 54.4 Å². The average molecular weight is 888 g/mol. The maximum Gasteiger partial charge on any atom is 0.322 e. The van der Waals surface area contributed by atoms with Crippen molar-refractivity contribution in [3.63, 3.8) is 0 Å². The van der Waals surface area contributed by atoms with E-state index in [0.717, 1.165) is 0 Å². The largest absolute Gasteiger partial charge is 0.480 e. The zero-order valence-electron chi connectivity index (χ0n) is 35.4. The molecule has 342 valence electrons. The number of carboxylic acids is 1. The van der Waals surface area contributed by atoms with Crippen molar-refractivity contribution in [2.75, 3.05) is 31.6 Å². The summed E-state index contributed by atoms with van der Waals surface area (Å²) in [6, 6.07) is 1.76. The Kier molecular flexibility index (Phi) is 23.1. The van der Waals surface area contributed by atoms with Crippen molar-refractivity contribution in [1.29, 1.82) is 0 Å². The minimum absolute atomic E-state index is 0.0200. The number of aromatic nitrogens is 2. The highest BCUT2D eigenvalue weighted by Crippen LogP contribution is 2.11. The van der Waals surface area contributed by atoms with E-state index in [2.05, 4.69) is 52.2 Å². The van der Waals surface area contributed by atoms with Gasteiger partial charge in [0, 0.05) is 31.3 Å². The zero-order chi connectivity index (χ0) is 46.2. The number of rotatable bonds is 28. The molecule has 2 aromatic rings. The molecule has 0 aliphatic heterocycles. The number of amides is 7. The number of aliphatic imine (C=N–C) groups is 1. The van der Waals surface area contributed by atoms with Gasteiger partial charge in [0.1, 0.15) is 36.8 Å². The van der Waals surface area contributed by atoms with Gasteiger partial charge in [0.15, 0.2) is 5.96 Å². The van der Waals surface area contributed by atoms with Gasteiger partial charge in [-0.25, -0.2) is 4.98 Å². The second-order valence-electron chi connectivity index (χ2n) is 14.5. The van der Waals surface area contributed by atoms with Crippen molar-refractivity contribution < 1.29 is 43.5 Å². The van der Waals surface area contributed by atoms with Gasteiger partial charge in [-0.3, -0.25) is 43.3 Å². The van der Waals surface area contributed by atoms with Gasteiger partial charge in [0.2, 0.25) is 41.4 Å². The number of imidazole rings is 1. The fourth-order valence-electron chi connectivity index (χ4n) is 5.76. The molecule has 0 saturated carbocycles. The molecule has 0 radical (unpaired) electrons. The summed E-state index contributed by atoms with van der Waals surface area (Å²) in [5.74, 6) is -6.29. The minimum Gasteiger partial charge on any atom is -0.480 e. The smallest absolute Gasteiger partial charge is 0.322 e. The molecule has 0 aliphatic rings. The number of nitrogens with zero attached hydrogens (tertiary/aromatic N) is 2. The standard InChI is InChI=1S/C39H61N13O9S/c1-5-22(2)32(38(61)50-27(12-9-14-44-39(41)42)35(58)46-20-31(54)55)52-33(56)23(3)48-36(59)28(16-24-10-7-6-8-11-24)51-37(60)29(17-25-18-43-21-47-25)49-30(53)19-45-34(57)26(40)13-15-62-4/h6-8,10-11,18,21-23,26-29,32H,5,9,12-17,19-20,40H2,1-4H3,(H,43,47)(H,45,57)(H,46,58)(H,48,59)(H,49,53)(H,50,61)(H,51,60)(H,52,56)(H,54,55)(H4,41,42,44)/t22-,23-,26-,27-,28-,29-,32-/m0/s1. The highest BCUT2D eigenvalue weighted by Gasteiger charge is 2.33. The predicted octanol–water partition coefficient (Wildman–Crippen LogP) is -2.86. The van der Waals surface area contributed by atoms with E-state index in [4.69, 9.17) is 22.3 Å². The fraction of sp³-hybridized carbons (Fsp3) is 0.538. The molecular weight excluding hydrogens is 827 g/mol. The summed E-state index contributed by atoms with van der Waals surface area (Å²) in [4.78, 5) is 115. The van der Waals surface area contributed by atoms with Gasteiger partial charge in [0.05, 0.1) is 18.9 Å². The van der Waals surface area contributed by atoms with Crippen molar-refractivity contribution in [2.24, 2.45) is 28.1 Å². The Morgan fingerprint density at radius 3 is 2.05 bits per heavy atom. The number of carbonyl (C=O) groups excluding carboxylic acids is 7. The summed E-state index contributed by atoms with van der Waals surface area (Å²) < 4.78 is 0. The minimum atomic E-state index is -1.29. The first kappa shape index (κ1) is 51.9. The molecule has 1 aromatic heterocycles. The molecule has 22 nitrogen and oxygen atoms in total. The Bertz CT molecular complexity index is 1810. The van der Waals surface area contributed by atoms with Crippen LogP contribution in [0.25, 0.3) is 0 Å². The number of guanidine groups is 1. The molecule has 2 rings (SSSR count). The molecule has 15 N–H and O–H groups in total. The molecule has 1 aromatic carbocycles. The fourth-order valence-corrected chi connectivity index (χ4v) is 6.25. The molecule has 0 fully saturated rings. The number of thioether (sulfide) groups is 1. The van der Waals surface area contributed by atoms with Crippen LogP contribution in [0.4, 0.5) is 0 Å². The van der Waals surface area contributed by atoms with Crippen LogP contribution in [0.1, 0.15) is 57.7 Å². The van der Waals surface area contributed by atoms with Crippen molar-refractivity contribution in [3.05, 3.63) is 54.1 Å². The Morgan fingerprint density at radius 2 is 1.44 bits per heavy atom. The molecule has 62 heavy (non-hydrogen) atoms. The van der Waals surface area contributed by atoms with Gasteiger partial charge in [0.25, 0.3) is 0 Å². The molecule has 1 heterocycles. The van der Waals surface area contributed by atoms with Crippen molar-refractivity contribution >= 4 is 65.0 Å². The van der Waals surface area contributed by atoms with Crippen LogP contribution in [0.3, 0.4) is 0 Å². The van der Waals surface area contributed by atoms with E-state index in [1.807, 2.05) is 6.26 Å². The third-order valence-electron chi connectivity index (χ3n) is 9.48. The van der Waals surface area contributed by atoms with Gasteiger partial charge in [-0.05, 0) is 49.7 Å². The van der Waals surface area contributed by atoms with Gasteiger partial charge in [-0.1, -0.05) is 50.6 Å². The van der Waals surface area contributed by atoms with Crippen molar-refractivity contribution in [3.8, 4) is 0 Å². The molecule has 23 heteroatoms. The molecule has 7 amide bonds. The quantitative estimate of drug-likeness (QED) is 0.0232. The lowest BCUT2D eigenvalue weighted by atomic mass is 9.97. The zero-order valence-corrected chi connectivity index (χ0v) is 36.2. The third-order valence-corrected chi connectivity index (χ3v) is 10.1. The normalized spacial score (nSPS) is 14.2. The summed E-state index contributed by atoms with van der Waals surface area (Å²) in [7, 11) is 0. The first-order valence-corrected chi connectivity index (χ1v) is 21.4. The molecule has 0 spiro atoms. The van der Waals surface area contributed by atoms with Gasteiger partial charge in [-0.2, -0.15) is 11.8 Å². The maximum absolute atomic E-state index is 13.9. The highest BCUT2D eigenvalue weighted by molar-refractivity contribution is 7.98. The maximum atomic E-state index is 13.9. The molecule has 0 unspecified atom stereocenters. The summed E-state index contributed by atoms with van der Waals surface area (Å²) >= 11 is 1.52. The van der Waals surface area contributed by atoms with Gasteiger partial charge >= 0.3 is 5.97 Å². The molecule has 7 atom stereocenters. The number of nitrogens with two attached hydrogens (primary N) is 3. The Balaban J connectivity index is 2.26. The number of nitrogens with one attached hydrogen (secondary N) is 8. The van der Waals surface area contributed by atoms with Gasteiger partial charge < -0.3 is 64.5 Å². The van der Waals surface area contributed by atoms with E-state index in [1.165, 1.54) is 31.2 Å². The van der Waals surface area contributed by atoms with Crippen LogP contribution in [0.5, 0.6) is 0 Å². The van der Waals surface area contributed by atoms with E-state index in [1.54, 1.807) is 44.2 Å². The van der Waals surface area contributed by atoms with E-state index >= 15 is 0 Å². The lowest BCUT2D eigenvalue weighted by Crippen LogP contribution is -2.60. The van der Waals surface area contributed by atoms with E-state index in [-0.39, 0.29) is 38.2 Å². The topological polar surface area (TPSA) is 360 Å². The monoisotopic (exact) mass is 887 g/mol. The second kappa shape index (κ2) is 27.6. The number of carbonyl (C=O) groups is 8. The molecular formula is C39H61N13O9S. The number of hydrogen-bond donors (Lipinski definition) is 12. The van der Waals surface area contributed by atoms with Crippen LogP contribution in [-0.2, 0) is 51.2 Å². The number of hydrogen-bond acceptors (Lipinski definition) is 12. The van der Waals surface area contributed by atoms with Crippen LogP contribution in [0, 0.1) is 5.92 Å². The lowest BCUT2D eigenvalue weighted by Gasteiger charge is -2.28. The first-order valence-electron chi connectivity index (χ1n) is 20.0. The highest BCUT2D eigenvalue weighted by atomic mass is 32.2. The number of aliphatic carboxylic acids is 1. The van der Waals surface area contributed by atoms with Crippen LogP contribution >= 0.6 is 11.8 Å². The van der Waals surface area contributed by atoms with E-state index < -0.39 is 103 Å². The number of carboxylic acid groups (broad SMARTS) is 1. The van der Waals surface area contributed by atoms with Crippen LogP contribution in [-0.4, -0.2) is 136 Å². The summed E-state index contributed by atoms with van der Waals surface area (Å²) in [6.07, 6.45) is 5.75. The number of H-pyrrole nitrogens is 1. The van der Waals surface area contributed by atoms with E-state index in [9.17, 15) is 38.4 Å².